The first kappa shape index (κ1) is 9.11. The Morgan fingerprint density at radius 2 is 2.08 bits per heavy atom. The molecule has 6 nitrogen and oxygen atoms in total. The van der Waals surface area contributed by atoms with E-state index in [0.717, 1.165) is 0 Å². The van der Waals surface area contributed by atoms with Crippen LogP contribution >= 0.6 is 0 Å². The van der Waals surface area contributed by atoms with Gasteiger partial charge in [-0.2, -0.15) is 0 Å². The molecule has 1 aliphatic rings. The van der Waals surface area contributed by atoms with Gasteiger partial charge in [0, 0.05) is 0 Å². The Kier molecular flexibility index (Phi) is 2.41. The van der Waals surface area contributed by atoms with E-state index in [1.165, 1.54) is 0 Å². The largest absolute Gasteiger partial charge is 0.454 e. The van der Waals surface area contributed by atoms with E-state index in [9.17, 15) is 9.59 Å². The zero-order valence-electron chi connectivity index (χ0n) is 5.95. The molecule has 1 heterocycles. The number of carbonyl (C=O) groups excluding carboxylic acids is 2. The molecular formula is C6H8O6. The highest BCUT2D eigenvalue weighted by Crippen LogP contribution is 2.17. The van der Waals surface area contributed by atoms with Gasteiger partial charge in [0.25, 0.3) is 0 Å². The topological polar surface area (TPSA) is 104 Å². The van der Waals surface area contributed by atoms with Crippen LogP contribution in [-0.4, -0.2) is 52.0 Å². The minimum Gasteiger partial charge on any atom is -0.454 e. The average Bonchev–Trinajstić information content (AvgIpc) is 2.32. The zero-order chi connectivity index (χ0) is 9.30. The highest BCUT2D eigenvalue weighted by molar-refractivity contribution is 5.78. The van der Waals surface area contributed by atoms with Gasteiger partial charge in [0.2, 0.25) is 0 Å². The quantitative estimate of drug-likeness (QED) is 0.310. The predicted molar refractivity (Wildman–Crippen MR) is 34.0 cm³/mol. The predicted octanol–water partition coefficient (Wildman–Crippen LogP) is -2.81. The Bertz CT molecular complexity index is 202. The van der Waals surface area contributed by atoms with Crippen LogP contribution in [0.5, 0.6) is 0 Å². The minimum absolute atomic E-state index is 0.124. The Morgan fingerprint density at radius 3 is 2.42 bits per heavy atom. The number of ether oxygens (including phenoxy) is 1. The summed E-state index contributed by atoms with van der Waals surface area (Å²) in [5.74, 6) is -1.03. The fourth-order valence-corrected chi connectivity index (χ4v) is 0.942. The van der Waals surface area contributed by atoms with E-state index < -0.39 is 30.4 Å². The Hall–Kier alpha value is -0.980. The molecule has 0 aromatic rings. The molecule has 0 aliphatic carbocycles. The van der Waals surface area contributed by atoms with Crippen molar-refractivity contribution in [1.29, 1.82) is 0 Å². The van der Waals surface area contributed by atoms with Crippen LogP contribution in [0.2, 0.25) is 0 Å². The lowest BCUT2D eigenvalue weighted by molar-refractivity contribution is -0.151. The van der Waals surface area contributed by atoms with Crippen molar-refractivity contribution >= 4 is 12.3 Å². The Balaban J connectivity index is 2.70. The smallest absolute Gasteiger partial charge is 0.338 e. The average molecular weight is 176 g/mol. The summed E-state index contributed by atoms with van der Waals surface area (Å²) < 4.78 is 4.32. The van der Waals surface area contributed by atoms with Gasteiger partial charge in [0.15, 0.2) is 18.5 Å². The molecule has 0 unspecified atom stereocenters. The van der Waals surface area contributed by atoms with Crippen LogP contribution in [0.25, 0.3) is 0 Å². The molecule has 0 bridgehead atoms. The van der Waals surface area contributed by atoms with Crippen molar-refractivity contribution in [3.05, 3.63) is 0 Å². The second-order valence-electron chi connectivity index (χ2n) is 2.46. The second kappa shape index (κ2) is 3.18. The van der Waals surface area contributed by atoms with Crippen molar-refractivity contribution in [2.45, 2.75) is 24.4 Å². The van der Waals surface area contributed by atoms with E-state index in [4.69, 9.17) is 15.3 Å². The SMILES string of the molecule is O=C[C@H](O)[C@H]1OC(=O)[C@@H](O)[C@@H]1O. The van der Waals surface area contributed by atoms with Gasteiger partial charge in [0.1, 0.15) is 12.2 Å². The monoisotopic (exact) mass is 176 g/mol. The van der Waals surface area contributed by atoms with Gasteiger partial charge in [0.05, 0.1) is 0 Å². The van der Waals surface area contributed by atoms with E-state index in [2.05, 4.69) is 4.74 Å². The summed E-state index contributed by atoms with van der Waals surface area (Å²) in [5, 5.41) is 26.7. The van der Waals surface area contributed by atoms with E-state index >= 15 is 0 Å². The number of rotatable bonds is 2. The summed E-state index contributed by atoms with van der Waals surface area (Å²) in [6, 6.07) is 0. The molecule has 0 spiro atoms. The summed E-state index contributed by atoms with van der Waals surface area (Å²) in [6.45, 7) is 0. The lowest BCUT2D eigenvalue weighted by Gasteiger charge is -2.14. The number of esters is 1. The number of aliphatic hydroxyl groups excluding tert-OH is 3. The number of carbonyl (C=O) groups is 2. The summed E-state index contributed by atoms with van der Waals surface area (Å²) in [5.41, 5.74) is 0. The van der Waals surface area contributed by atoms with Crippen LogP contribution in [0.4, 0.5) is 0 Å². The van der Waals surface area contributed by atoms with Crippen LogP contribution in [0.1, 0.15) is 0 Å². The van der Waals surface area contributed by atoms with Crippen LogP contribution in [0.15, 0.2) is 0 Å². The number of aldehydes is 1. The maximum Gasteiger partial charge on any atom is 0.338 e. The Labute approximate surface area is 67.4 Å². The molecule has 0 saturated carbocycles. The molecule has 12 heavy (non-hydrogen) atoms. The van der Waals surface area contributed by atoms with E-state index in [-0.39, 0.29) is 6.29 Å². The second-order valence-corrected chi connectivity index (χ2v) is 2.46. The van der Waals surface area contributed by atoms with Gasteiger partial charge < -0.3 is 24.9 Å². The van der Waals surface area contributed by atoms with E-state index in [0.29, 0.717) is 0 Å². The molecule has 1 fully saturated rings. The first-order valence-electron chi connectivity index (χ1n) is 3.28. The molecule has 68 valence electrons. The van der Waals surface area contributed by atoms with Crippen molar-refractivity contribution in [3.8, 4) is 0 Å². The van der Waals surface area contributed by atoms with Crippen LogP contribution in [0, 0.1) is 0 Å². The van der Waals surface area contributed by atoms with Gasteiger partial charge in [-0.3, -0.25) is 0 Å². The molecule has 0 amide bonds. The first-order valence-corrected chi connectivity index (χ1v) is 3.28. The van der Waals surface area contributed by atoms with Crippen LogP contribution in [-0.2, 0) is 14.3 Å². The highest BCUT2D eigenvalue weighted by atomic mass is 16.6. The van der Waals surface area contributed by atoms with E-state index in [1.54, 1.807) is 0 Å². The third-order valence-electron chi connectivity index (χ3n) is 1.63. The van der Waals surface area contributed by atoms with Crippen LogP contribution < -0.4 is 0 Å². The van der Waals surface area contributed by atoms with Crippen molar-refractivity contribution in [2.75, 3.05) is 0 Å². The maximum atomic E-state index is 10.6. The zero-order valence-corrected chi connectivity index (χ0v) is 5.95. The molecular weight excluding hydrogens is 168 g/mol. The molecule has 0 aromatic carbocycles. The lowest BCUT2D eigenvalue weighted by Crippen LogP contribution is -2.39. The normalized spacial score (nSPS) is 37.6. The molecule has 4 atom stereocenters. The van der Waals surface area contributed by atoms with Crippen molar-refractivity contribution in [3.63, 3.8) is 0 Å². The van der Waals surface area contributed by atoms with Crippen molar-refractivity contribution in [2.24, 2.45) is 0 Å². The molecule has 3 N–H and O–H groups in total. The number of hydrogen-bond donors (Lipinski definition) is 3. The molecule has 1 saturated heterocycles. The minimum atomic E-state index is -1.68. The highest BCUT2D eigenvalue weighted by Gasteiger charge is 2.46. The maximum absolute atomic E-state index is 10.6. The fourth-order valence-electron chi connectivity index (χ4n) is 0.942. The summed E-state index contributed by atoms with van der Waals surface area (Å²) >= 11 is 0. The van der Waals surface area contributed by atoms with Gasteiger partial charge >= 0.3 is 5.97 Å². The van der Waals surface area contributed by atoms with Gasteiger partial charge in [-0.05, 0) is 0 Å². The molecule has 0 radical (unpaired) electrons. The van der Waals surface area contributed by atoms with Gasteiger partial charge in [-0.1, -0.05) is 0 Å². The molecule has 0 aromatic heterocycles. The number of cyclic esters (lactones) is 1. The Morgan fingerprint density at radius 1 is 1.50 bits per heavy atom. The first-order chi connectivity index (χ1) is 5.57. The standard InChI is InChI=1S/C6H8O6/c7-1-2(8)5-3(9)4(10)6(11)12-5/h1-5,8-10H/t2-,3-,4-,5+/m0/s1. The third kappa shape index (κ3) is 1.31. The summed E-state index contributed by atoms with van der Waals surface area (Å²) in [7, 11) is 0. The summed E-state index contributed by atoms with van der Waals surface area (Å²) in [6.07, 6.45) is -6.05. The van der Waals surface area contributed by atoms with Crippen molar-refractivity contribution in [1.82, 2.24) is 0 Å². The summed E-state index contributed by atoms with van der Waals surface area (Å²) in [4.78, 5) is 20.6. The lowest BCUT2D eigenvalue weighted by atomic mass is 10.1. The molecule has 6 heteroatoms. The van der Waals surface area contributed by atoms with Gasteiger partial charge in [-0.15, -0.1) is 0 Å². The molecule has 1 rings (SSSR count). The number of aliphatic hydroxyl groups is 3. The third-order valence-corrected chi connectivity index (χ3v) is 1.63. The fraction of sp³-hybridized carbons (Fsp3) is 0.667. The van der Waals surface area contributed by atoms with Crippen molar-refractivity contribution < 1.29 is 29.6 Å². The van der Waals surface area contributed by atoms with Gasteiger partial charge in [-0.25, -0.2) is 4.79 Å². The van der Waals surface area contributed by atoms with Crippen LogP contribution in [0.3, 0.4) is 0 Å². The van der Waals surface area contributed by atoms with E-state index in [1.807, 2.05) is 0 Å². The molecule has 1 aliphatic heterocycles. The number of hydrogen-bond acceptors (Lipinski definition) is 6.